The van der Waals surface area contributed by atoms with Crippen LogP contribution in [0.1, 0.15) is 42.6 Å². The van der Waals surface area contributed by atoms with Crippen LogP contribution in [0.4, 0.5) is 0 Å². The van der Waals surface area contributed by atoms with Gasteiger partial charge in [-0.1, -0.05) is 19.3 Å². The molecule has 1 heterocycles. The number of carboxylic acids is 1. The lowest BCUT2D eigenvalue weighted by atomic mass is 9.81. The number of imidazole rings is 1. The standard InChI is InChI=1S/C12H17N3O3/c1-15-8-13-7-9(15)10(16)14-12(11(17)18)5-3-2-4-6-12/h7-8H,2-6H2,1H3,(H,14,16)(H,17,18). The number of carbonyl (C=O) groups is 2. The van der Waals surface area contributed by atoms with Crippen LogP contribution < -0.4 is 5.32 Å². The van der Waals surface area contributed by atoms with Gasteiger partial charge in [0.25, 0.3) is 5.91 Å². The third-order valence-corrected chi connectivity index (χ3v) is 3.52. The summed E-state index contributed by atoms with van der Waals surface area (Å²) in [5.74, 6) is -1.32. The zero-order chi connectivity index (χ0) is 13.2. The van der Waals surface area contributed by atoms with Crippen molar-refractivity contribution in [3.05, 3.63) is 18.2 Å². The SMILES string of the molecule is Cn1cncc1C(=O)NC1(C(=O)O)CCCCC1. The summed E-state index contributed by atoms with van der Waals surface area (Å²) >= 11 is 0. The number of rotatable bonds is 3. The predicted octanol–water partition coefficient (Wildman–Crippen LogP) is 0.937. The summed E-state index contributed by atoms with van der Waals surface area (Å²) in [4.78, 5) is 27.4. The van der Waals surface area contributed by atoms with Gasteiger partial charge in [-0.05, 0) is 12.8 Å². The Morgan fingerprint density at radius 3 is 2.56 bits per heavy atom. The van der Waals surface area contributed by atoms with Gasteiger partial charge >= 0.3 is 5.97 Å². The molecule has 0 aliphatic heterocycles. The molecule has 6 nitrogen and oxygen atoms in total. The van der Waals surface area contributed by atoms with E-state index >= 15 is 0 Å². The molecule has 98 valence electrons. The van der Waals surface area contributed by atoms with Crippen molar-refractivity contribution in [3.63, 3.8) is 0 Å². The minimum Gasteiger partial charge on any atom is -0.480 e. The van der Waals surface area contributed by atoms with E-state index in [1.54, 1.807) is 11.6 Å². The highest BCUT2D eigenvalue weighted by Crippen LogP contribution is 2.28. The van der Waals surface area contributed by atoms with Crippen LogP contribution in [0.15, 0.2) is 12.5 Å². The maximum absolute atomic E-state index is 12.1. The van der Waals surface area contributed by atoms with Crippen molar-refractivity contribution in [1.29, 1.82) is 0 Å². The molecule has 1 aliphatic carbocycles. The normalized spacial score (nSPS) is 18.3. The molecule has 0 atom stereocenters. The molecule has 0 radical (unpaired) electrons. The topological polar surface area (TPSA) is 84.2 Å². The molecule has 2 N–H and O–H groups in total. The number of carboxylic acid groups (broad SMARTS) is 1. The number of nitrogens with zero attached hydrogens (tertiary/aromatic N) is 2. The Hall–Kier alpha value is -1.85. The maximum Gasteiger partial charge on any atom is 0.329 e. The van der Waals surface area contributed by atoms with Gasteiger partial charge in [-0.3, -0.25) is 4.79 Å². The lowest BCUT2D eigenvalue weighted by Gasteiger charge is -2.33. The van der Waals surface area contributed by atoms with Crippen LogP contribution in [0.3, 0.4) is 0 Å². The Balaban J connectivity index is 2.17. The summed E-state index contributed by atoms with van der Waals surface area (Å²) in [7, 11) is 1.70. The van der Waals surface area contributed by atoms with E-state index in [1.807, 2.05) is 0 Å². The van der Waals surface area contributed by atoms with E-state index in [9.17, 15) is 14.7 Å². The second-order valence-corrected chi connectivity index (χ2v) is 4.79. The Bertz CT molecular complexity index is 461. The van der Waals surface area contributed by atoms with Crippen LogP contribution in [0.25, 0.3) is 0 Å². The molecule has 1 fully saturated rings. The second-order valence-electron chi connectivity index (χ2n) is 4.79. The molecule has 1 aromatic heterocycles. The van der Waals surface area contributed by atoms with E-state index in [0.717, 1.165) is 19.3 Å². The molecule has 18 heavy (non-hydrogen) atoms. The van der Waals surface area contributed by atoms with Crippen molar-refractivity contribution < 1.29 is 14.7 Å². The van der Waals surface area contributed by atoms with Crippen LogP contribution in [0.2, 0.25) is 0 Å². The number of aryl methyl sites for hydroxylation is 1. The van der Waals surface area contributed by atoms with Crippen molar-refractivity contribution in [2.75, 3.05) is 0 Å². The monoisotopic (exact) mass is 251 g/mol. The number of amides is 1. The molecule has 0 aromatic carbocycles. The molecule has 1 saturated carbocycles. The van der Waals surface area contributed by atoms with E-state index in [4.69, 9.17) is 0 Å². The lowest BCUT2D eigenvalue weighted by molar-refractivity contribution is -0.145. The van der Waals surface area contributed by atoms with E-state index in [-0.39, 0.29) is 5.91 Å². The van der Waals surface area contributed by atoms with Crippen molar-refractivity contribution in [2.45, 2.75) is 37.6 Å². The smallest absolute Gasteiger partial charge is 0.329 e. The van der Waals surface area contributed by atoms with Crippen LogP contribution in [0.5, 0.6) is 0 Å². The van der Waals surface area contributed by atoms with E-state index < -0.39 is 11.5 Å². The first-order valence-electron chi connectivity index (χ1n) is 6.07. The van der Waals surface area contributed by atoms with E-state index in [1.165, 1.54) is 12.5 Å². The zero-order valence-electron chi connectivity index (χ0n) is 10.3. The molecule has 6 heteroatoms. The summed E-state index contributed by atoms with van der Waals surface area (Å²) in [5, 5.41) is 12.0. The van der Waals surface area contributed by atoms with Gasteiger partial charge in [-0.2, -0.15) is 0 Å². The van der Waals surface area contributed by atoms with Gasteiger partial charge in [-0.15, -0.1) is 0 Å². The second kappa shape index (κ2) is 4.80. The average Bonchev–Trinajstić information content (AvgIpc) is 2.76. The van der Waals surface area contributed by atoms with E-state index in [0.29, 0.717) is 18.5 Å². The van der Waals surface area contributed by atoms with Crippen molar-refractivity contribution >= 4 is 11.9 Å². The summed E-state index contributed by atoms with van der Waals surface area (Å²) in [6.07, 6.45) is 6.63. The molecule has 0 bridgehead atoms. The minimum absolute atomic E-state index is 0.376. The van der Waals surface area contributed by atoms with Crippen LogP contribution in [-0.2, 0) is 11.8 Å². The summed E-state index contributed by atoms with van der Waals surface area (Å²) in [5.41, 5.74) is -0.735. The fourth-order valence-corrected chi connectivity index (χ4v) is 2.41. The molecule has 1 aliphatic rings. The first-order valence-corrected chi connectivity index (χ1v) is 6.07. The highest BCUT2D eigenvalue weighted by Gasteiger charge is 2.41. The number of aromatic nitrogens is 2. The van der Waals surface area contributed by atoms with Gasteiger partial charge in [0.05, 0.1) is 12.5 Å². The Kier molecular flexibility index (Phi) is 3.36. The highest BCUT2D eigenvalue weighted by molar-refractivity contribution is 5.96. The van der Waals surface area contributed by atoms with Gasteiger partial charge in [0, 0.05) is 7.05 Å². The minimum atomic E-state index is -1.11. The summed E-state index contributed by atoms with van der Waals surface area (Å²) in [6.45, 7) is 0. The number of nitrogens with one attached hydrogen (secondary N) is 1. The zero-order valence-corrected chi connectivity index (χ0v) is 10.3. The van der Waals surface area contributed by atoms with Crippen LogP contribution in [-0.4, -0.2) is 32.1 Å². The van der Waals surface area contributed by atoms with Crippen molar-refractivity contribution in [1.82, 2.24) is 14.9 Å². The van der Waals surface area contributed by atoms with Crippen molar-refractivity contribution in [2.24, 2.45) is 7.05 Å². The van der Waals surface area contributed by atoms with Crippen molar-refractivity contribution in [3.8, 4) is 0 Å². The Morgan fingerprint density at radius 2 is 2.06 bits per heavy atom. The van der Waals surface area contributed by atoms with Gasteiger partial charge in [0.1, 0.15) is 11.2 Å². The van der Waals surface area contributed by atoms with Gasteiger partial charge in [-0.25, -0.2) is 9.78 Å². The fourth-order valence-electron chi connectivity index (χ4n) is 2.41. The number of hydrogen-bond acceptors (Lipinski definition) is 3. The molecule has 2 rings (SSSR count). The molecule has 1 amide bonds. The number of carbonyl (C=O) groups excluding carboxylic acids is 1. The summed E-state index contributed by atoms with van der Waals surface area (Å²) < 4.78 is 1.58. The quantitative estimate of drug-likeness (QED) is 0.837. The van der Waals surface area contributed by atoms with E-state index in [2.05, 4.69) is 10.3 Å². The summed E-state index contributed by atoms with van der Waals surface area (Å²) in [6, 6.07) is 0. The molecular formula is C12H17N3O3. The van der Waals surface area contributed by atoms with Gasteiger partial charge in [0.2, 0.25) is 0 Å². The molecule has 0 saturated heterocycles. The fraction of sp³-hybridized carbons (Fsp3) is 0.583. The number of aliphatic carboxylic acids is 1. The average molecular weight is 251 g/mol. The molecule has 1 aromatic rings. The molecule has 0 spiro atoms. The largest absolute Gasteiger partial charge is 0.480 e. The first-order chi connectivity index (χ1) is 8.55. The van der Waals surface area contributed by atoms with Gasteiger partial charge < -0.3 is 15.0 Å². The Labute approximate surface area is 105 Å². The number of hydrogen-bond donors (Lipinski definition) is 2. The highest BCUT2D eigenvalue weighted by atomic mass is 16.4. The lowest BCUT2D eigenvalue weighted by Crippen LogP contribution is -2.55. The first kappa shape index (κ1) is 12.6. The third-order valence-electron chi connectivity index (χ3n) is 3.52. The molecular weight excluding hydrogens is 234 g/mol. The third kappa shape index (κ3) is 2.23. The Morgan fingerprint density at radius 1 is 1.39 bits per heavy atom. The van der Waals surface area contributed by atoms with Gasteiger partial charge in [0.15, 0.2) is 0 Å². The maximum atomic E-state index is 12.1. The predicted molar refractivity (Wildman–Crippen MR) is 64.1 cm³/mol. The molecule has 0 unspecified atom stereocenters. The van der Waals surface area contributed by atoms with Crippen LogP contribution in [0, 0.1) is 0 Å². The van der Waals surface area contributed by atoms with Crippen LogP contribution >= 0.6 is 0 Å².